The first-order chi connectivity index (χ1) is 9.66. The second kappa shape index (κ2) is 6.65. The minimum absolute atomic E-state index is 0.0388. The normalized spacial score (nSPS) is 15.3. The highest BCUT2D eigenvalue weighted by atomic mass is 16.6. The minimum atomic E-state index is -0.731. The molecule has 1 aliphatic rings. The minimum Gasteiger partial charge on any atom is -0.493 e. The summed E-state index contributed by atoms with van der Waals surface area (Å²) in [6, 6.07) is 3.17. The lowest BCUT2D eigenvalue weighted by Crippen LogP contribution is -2.31. The van der Waals surface area contributed by atoms with E-state index < -0.39 is 18.5 Å². The largest absolute Gasteiger partial charge is 0.493 e. The van der Waals surface area contributed by atoms with Crippen LogP contribution in [-0.2, 0) is 23.8 Å². The Labute approximate surface area is 115 Å². The molecule has 0 radical (unpaired) electrons. The number of carbonyl (C=O) groups excluding carboxylic acids is 2. The Morgan fingerprint density at radius 2 is 2.30 bits per heavy atom. The van der Waals surface area contributed by atoms with Gasteiger partial charge in [-0.2, -0.15) is 0 Å². The predicted molar refractivity (Wildman–Crippen MR) is 66.2 cm³/mol. The van der Waals surface area contributed by atoms with E-state index in [1.165, 1.54) is 12.5 Å². The van der Waals surface area contributed by atoms with Gasteiger partial charge in [-0.1, -0.05) is 0 Å². The summed E-state index contributed by atoms with van der Waals surface area (Å²) in [6.45, 7) is 2.03. The zero-order chi connectivity index (χ0) is 14.4. The van der Waals surface area contributed by atoms with Crippen LogP contribution in [0.25, 0.3) is 0 Å². The maximum atomic E-state index is 11.6. The van der Waals surface area contributed by atoms with Crippen molar-refractivity contribution in [3.8, 4) is 0 Å². The molecule has 2 heterocycles. The van der Waals surface area contributed by atoms with Gasteiger partial charge in [0.05, 0.1) is 12.3 Å². The van der Waals surface area contributed by atoms with Gasteiger partial charge in [0.25, 0.3) is 5.91 Å². The summed E-state index contributed by atoms with van der Waals surface area (Å²) in [4.78, 5) is 23.1. The number of hydrogen-bond acceptors (Lipinski definition) is 6. The lowest BCUT2D eigenvalue weighted by molar-refractivity contribution is -0.149. The summed E-state index contributed by atoms with van der Waals surface area (Å²) < 4.78 is 19.9. The van der Waals surface area contributed by atoms with Crippen molar-refractivity contribution >= 4 is 11.9 Å². The molecule has 1 N–H and O–H groups in total. The van der Waals surface area contributed by atoms with Gasteiger partial charge in [0, 0.05) is 0 Å². The summed E-state index contributed by atoms with van der Waals surface area (Å²) in [5, 5.41) is 2.64. The van der Waals surface area contributed by atoms with Crippen LogP contribution in [-0.4, -0.2) is 31.7 Å². The van der Waals surface area contributed by atoms with E-state index in [-0.39, 0.29) is 18.4 Å². The molecular weight excluding hydrogens is 266 g/mol. The molecule has 1 atom stereocenters. The molecule has 1 aliphatic heterocycles. The number of esters is 1. The second-order valence-corrected chi connectivity index (χ2v) is 4.08. The van der Waals surface area contributed by atoms with E-state index in [2.05, 4.69) is 5.32 Å². The zero-order valence-corrected chi connectivity index (χ0v) is 11.0. The molecule has 0 aliphatic carbocycles. The molecule has 7 heteroatoms. The van der Waals surface area contributed by atoms with Crippen molar-refractivity contribution in [2.45, 2.75) is 13.0 Å². The Balaban J connectivity index is 1.75. The molecule has 7 nitrogen and oxygen atoms in total. The molecule has 0 saturated carbocycles. The van der Waals surface area contributed by atoms with Crippen molar-refractivity contribution in [2.75, 3.05) is 19.8 Å². The summed E-state index contributed by atoms with van der Waals surface area (Å²) in [5.74, 6) is -0.579. The van der Waals surface area contributed by atoms with Gasteiger partial charge < -0.3 is 23.9 Å². The van der Waals surface area contributed by atoms with E-state index >= 15 is 0 Å². The third-order valence-corrected chi connectivity index (χ3v) is 2.53. The van der Waals surface area contributed by atoms with Gasteiger partial charge >= 0.3 is 5.97 Å². The predicted octanol–water partition coefficient (Wildman–Crippen LogP) is 0.888. The maximum Gasteiger partial charge on any atom is 0.377 e. The Bertz CT molecular complexity index is 493. The lowest BCUT2D eigenvalue weighted by atomic mass is 10.2. The van der Waals surface area contributed by atoms with Gasteiger partial charge in [-0.3, -0.25) is 4.79 Å². The van der Waals surface area contributed by atoms with Gasteiger partial charge in [0.1, 0.15) is 25.2 Å². The average Bonchev–Trinajstić information content (AvgIpc) is 3.00. The molecule has 0 spiro atoms. The highest BCUT2D eigenvalue weighted by Crippen LogP contribution is 2.12. The van der Waals surface area contributed by atoms with Crippen LogP contribution in [0, 0.1) is 0 Å². The Morgan fingerprint density at radius 1 is 1.45 bits per heavy atom. The third kappa shape index (κ3) is 3.78. The monoisotopic (exact) mass is 281 g/mol. The molecule has 0 fully saturated rings. The smallest absolute Gasteiger partial charge is 0.377 e. The molecule has 0 bridgehead atoms. The van der Waals surface area contributed by atoms with Gasteiger partial charge in [-0.15, -0.1) is 0 Å². The quantitative estimate of drug-likeness (QED) is 0.806. The average molecular weight is 281 g/mol. The van der Waals surface area contributed by atoms with E-state index in [0.29, 0.717) is 12.4 Å². The molecule has 108 valence electrons. The van der Waals surface area contributed by atoms with E-state index in [0.717, 1.165) is 0 Å². The van der Waals surface area contributed by atoms with Crippen LogP contribution in [0.3, 0.4) is 0 Å². The van der Waals surface area contributed by atoms with Crippen molar-refractivity contribution in [3.63, 3.8) is 0 Å². The molecule has 2 rings (SSSR count). The van der Waals surface area contributed by atoms with E-state index in [9.17, 15) is 9.59 Å². The van der Waals surface area contributed by atoms with Crippen LogP contribution < -0.4 is 5.32 Å². The molecule has 0 saturated heterocycles. The fraction of sp³-hybridized carbons (Fsp3) is 0.385. The second-order valence-electron chi connectivity index (χ2n) is 4.08. The molecule has 0 unspecified atom stereocenters. The first kappa shape index (κ1) is 14.0. The summed E-state index contributed by atoms with van der Waals surface area (Å²) in [6.07, 6.45) is 2.69. The van der Waals surface area contributed by atoms with Gasteiger partial charge in [-0.05, 0) is 19.1 Å². The van der Waals surface area contributed by atoms with Crippen molar-refractivity contribution in [1.29, 1.82) is 0 Å². The SMILES string of the molecule is C[C@H](NC(=O)COC(=O)C1=COCCO1)c1ccco1. The Hall–Kier alpha value is -2.44. The lowest BCUT2D eigenvalue weighted by Gasteiger charge is -2.15. The van der Waals surface area contributed by atoms with Crippen molar-refractivity contribution < 1.29 is 28.2 Å². The molecule has 1 amide bonds. The van der Waals surface area contributed by atoms with Gasteiger partial charge in [0.15, 0.2) is 6.61 Å². The number of nitrogens with one attached hydrogen (secondary N) is 1. The number of rotatable bonds is 5. The Morgan fingerprint density at radius 3 is 2.95 bits per heavy atom. The van der Waals surface area contributed by atoms with Crippen LogP contribution in [0.5, 0.6) is 0 Å². The molecule has 1 aromatic heterocycles. The van der Waals surface area contributed by atoms with Crippen LogP contribution in [0.4, 0.5) is 0 Å². The fourth-order valence-corrected chi connectivity index (χ4v) is 1.57. The van der Waals surface area contributed by atoms with Crippen LogP contribution >= 0.6 is 0 Å². The van der Waals surface area contributed by atoms with Gasteiger partial charge in [0.2, 0.25) is 5.76 Å². The molecule has 20 heavy (non-hydrogen) atoms. The topological polar surface area (TPSA) is 87.0 Å². The van der Waals surface area contributed by atoms with Crippen LogP contribution in [0.15, 0.2) is 34.8 Å². The molecule has 0 aromatic carbocycles. The maximum absolute atomic E-state index is 11.6. The van der Waals surface area contributed by atoms with Crippen molar-refractivity contribution in [3.05, 3.63) is 36.2 Å². The van der Waals surface area contributed by atoms with E-state index in [4.69, 9.17) is 18.6 Å². The standard InChI is InChI=1S/C13H15NO6/c1-9(10-3-2-4-18-10)14-12(15)8-20-13(16)11-7-17-5-6-19-11/h2-4,7,9H,5-6,8H2,1H3,(H,14,15)/t9-/m0/s1. The number of carbonyl (C=O) groups is 2. The third-order valence-electron chi connectivity index (χ3n) is 2.53. The summed E-state index contributed by atoms with van der Waals surface area (Å²) in [7, 11) is 0. The summed E-state index contributed by atoms with van der Waals surface area (Å²) in [5.41, 5.74) is 0. The first-order valence-electron chi connectivity index (χ1n) is 6.11. The number of furan rings is 1. The van der Waals surface area contributed by atoms with Crippen LogP contribution in [0.2, 0.25) is 0 Å². The first-order valence-corrected chi connectivity index (χ1v) is 6.11. The van der Waals surface area contributed by atoms with Gasteiger partial charge in [-0.25, -0.2) is 4.79 Å². The summed E-state index contributed by atoms with van der Waals surface area (Å²) >= 11 is 0. The van der Waals surface area contributed by atoms with Crippen LogP contribution in [0.1, 0.15) is 18.7 Å². The van der Waals surface area contributed by atoms with E-state index in [1.54, 1.807) is 19.1 Å². The highest BCUT2D eigenvalue weighted by molar-refractivity contribution is 5.88. The van der Waals surface area contributed by atoms with Crippen molar-refractivity contribution in [1.82, 2.24) is 5.32 Å². The number of amides is 1. The molecule has 1 aromatic rings. The highest BCUT2D eigenvalue weighted by Gasteiger charge is 2.19. The Kier molecular flexibility index (Phi) is 4.65. The van der Waals surface area contributed by atoms with Crippen molar-refractivity contribution in [2.24, 2.45) is 0 Å². The molecular formula is C13H15NO6. The number of ether oxygens (including phenoxy) is 3. The zero-order valence-electron chi connectivity index (χ0n) is 11.0. The number of hydrogen-bond donors (Lipinski definition) is 1. The van der Waals surface area contributed by atoms with E-state index in [1.807, 2.05) is 0 Å². The fourth-order valence-electron chi connectivity index (χ4n) is 1.57.